The first-order chi connectivity index (χ1) is 12.2. The van der Waals surface area contributed by atoms with Gasteiger partial charge < -0.3 is 20.4 Å². The van der Waals surface area contributed by atoms with E-state index in [-0.39, 0.29) is 11.9 Å². The van der Waals surface area contributed by atoms with Crippen LogP contribution in [0.3, 0.4) is 0 Å². The summed E-state index contributed by atoms with van der Waals surface area (Å²) >= 11 is 1.61. The van der Waals surface area contributed by atoms with Crippen LogP contribution in [-0.2, 0) is 0 Å². The van der Waals surface area contributed by atoms with E-state index < -0.39 is 0 Å². The van der Waals surface area contributed by atoms with E-state index in [0.29, 0.717) is 30.9 Å². The van der Waals surface area contributed by atoms with Gasteiger partial charge in [-0.15, -0.1) is 11.3 Å². The zero-order chi connectivity index (χ0) is 17.6. The second-order valence-electron chi connectivity index (χ2n) is 5.66. The van der Waals surface area contributed by atoms with Gasteiger partial charge in [0, 0.05) is 55.6 Å². The zero-order valence-corrected chi connectivity index (χ0v) is 14.9. The summed E-state index contributed by atoms with van der Waals surface area (Å²) in [6.45, 7) is 5.32. The number of carbonyl (C=O) groups is 2. The molecule has 1 saturated heterocycles. The normalized spacial score (nSPS) is 14.3. The lowest BCUT2D eigenvalue weighted by Crippen LogP contribution is -2.50. The Bertz CT molecular complexity index is 709. The molecule has 1 aliphatic heterocycles. The Kier molecular flexibility index (Phi) is 5.49. The molecule has 132 valence electrons. The van der Waals surface area contributed by atoms with Crippen LogP contribution in [0.25, 0.3) is 0 Å². The molecular weight excluding hydrogens is 338 g/mol. The number of hydrogen-bond acceptors (Lipinski definition) is 5. The molecule has 0 radical (unpaired) electrons. The maximum absolute atomic E-state index is 12.4. The van der Waals surface area contributed by atoms with Crippen LogP contribution >= 0.6 is 11.3 Å². The summed E-state index contributed by atoms with van der Waals surface area (Å²) < 4.78 is 0. The van der Waals surface area contributed by atoms with Gasteiger partial charge in [-0.05, 0) is 31.2 Å². The second-order valence-corrected chi connectivity index (χ2v) is 6.53. The Morgan fingerprint density at radius 2 is 1.88 bits per heavy atom. The lowest BCUT2D eigenvalue weighted by Gasteiger charge is -2.34. The summed E-state index contributed by atoms with van der Waals surface area (Å²) in [6.07, 6.45) is 1.80. The van der Waals surface area contributed by atoms with Crippen molar-refractivity contribution in [2.45, 2.75) is 6.92 Å². The number of rotatable bonds is 4. The van der Waals surface area contributed by atoms with E-state index in [1.54, 1.807) is 46.7 Å². The molecule has 3 amide bonds. The van der Waals surface area contributed by atoms with E-state index in [4.69, 9.17) is 0 Å². The summed E-state index contributed by atoms with van der Waals surface area (Å²) in [5.74, 6) is -0.112. The van der Waals surface area contributed by atoms with Crippen molar-refractivity contribution in [2.75, 3.05) is 42.9 Å². The van der Waals surface area contributed by atoms with E-state index in [9.17, 15) is 9.59 Å². The van der Waals surface area contributed by atoms with Crippen molar-refractivity contribution >= 4 is 34.1 Å². The van der Waals surface area contributed by atoms with Gasteiger partial charge in [-0.25, -0.2) is 9.78 Å². The molecule has 3 rings (SSSR count). The van der Waals surface area contributed by atoms with Gasteiger partial charge in [0.1, 0.15) is 0 Å². The molecule has 1 aromatic carbocycles. The Balaban J connectivity index is 1.52. The molecule has 1 aromatic heterocycles. The fourth-order valence-electron chi connectivity index (χ4n) is 2.64. The minimum atomic E-state index is -0.121. The third-order valence-electron chi connectivity index (χ3n) is 3.99. The summed E-state index contributed by atoms with van der Waals surface area (Å²) in [6, 6.07) is 6.79. The molecule has 2 heterocycles. The smallest absolute Gasteiger partial charge is 0.321 e. The van der Waals surface area contributed by atoms with Crippen LogP contribution in [-0.4, -0.2) is 54.5 Å². The van der Waals surface area contributed by atoms with Gasteiger partial charge in [0.15, 0.2) is 5.13 Å². The Morgan fingerprint density at radius 1 is 1.16 bits per heavy atom. The van der Waals surface area contributed by atoms with E-state index in [0.717, 1.165) is 18.2 Å². The number of nitrogens with zero attached hydrogens (tertiary/aromatic N) is 3. The number of aromatic nitrogens is 1. The Morgan fingerprint density at radius 3 is 2.48 bits per heavy atom. The van der Waals surface area contributed by atoms with Gasteiger partial charge in [0.2, 0.25) is 0 Å². The molecule has 8 heteroatoms. The third kappa shape index (κ3) is 4.27. The number of amides is 3. The molecular formula is C17H21N5O2S. The lowest BCUT2D eigenvalue weighted by molar-refractivity contribution is 0.0956. The van der Waals surface area contributed by atoms with Crippen molar-refractivity contribution in [2.24, 2.45) is 0 Å². The molecule has 2 aromatic rings. The van der Waals surface area contributed by atoms with Crippen molar-refractivity contribution in [3.05, 3.63) is 41.4 Å². The van der Waals surface area contributed by atoms with Gasteiger partial charge >= 0.3 is 6.03 Å². The van der Waals surface area contributed by atoms with Crippen LogP contribution in [0, 0.1) is 0 Å². The molecule has 0 bridgehead atoms. The molecule has 1 fully saturated rings. The highest BCUT2D eigenvalue weighted by Crippen LogP contribution is 2.19. The topological polar surface area (TPSA) is 77.6 Å². The first-order valence-corrected chi connectivity index (χ1v) is 9.14. The number of anilines is 2. The fourth-order valence-corrected chi connectivity index (χ4v) is 3.34. The molecule has 7 nitrogen and oxygen atoms in total. The molecule has 0 spiro atoms. The van der Waals surface area contributed by atoms with Gasteiger partial charge in [0.25, 0.3) is 5.91 Å². The highest BCUT2D eigenvalue weighted by atomic mass is 32.1. The number of piperazine rings is 1. The maximum Gasteiger partial charge on any atom is 0.321 e. The minimum Gasteiger partial charge on any atom is -0.352 e. The Hall–Kier alpha value is -2.61. The van der Waals surface area contributed by atoms with Crippen molar-refractivity contribution in [1.29, 1.82) is 0 Å². The largest absolute Gasteiger partial charge is 0.352 e. The van der Waals surface area contributed by atoms with Crippen molar-refractivity contribution in [3.63, 3.8) is 0 Å². The summed E-state index contributed by atoms with van der Waals surface area (Å²) in [5, 5.41) is 8.59. The SMILES string of the molecule is CCNC(=O)c1ccc(NC(=O)N2CCN(c3nccs3)CC2)cc1. The molecule has 0 unspecified atom stereocenters. The quantitative estimate of drug-likeness (QED) is 0.878. The number of thiazole rings is 1. The predicted molar refractivity (Wildman–Crippen MR) is 99.4 cm³/mol. The highest BCUT2D eigenvalue weighted by Gasteiger charge is 2.22. The van der Waals surface area contributed by atoms with Crippen molar-refractivity contribution < 1.29 is 9.59 Å². The lowest BCUT2D eigenvalue weighted by atomic mass is 10.2. The van der Waals surface area contributed by atoms with E-state index in [1.165, 1.54) is 0 Å². The molecule has 2 N–H and O–H groups in total. The standard InChI is InChI=1S/C17H21N5O2S/c1-2-18-15(23)13-3-5-14(6-4-13)20-16(24)21-8-10-22(11-9-21)17-19-7-12-25-17/h3-7,12H,2,8-11H2,1H3,(H,18,23)(H,20,24). The summed E-state index contributed by atoms with van der Waals surface area (Å²) in [4.78, 5) is 32.4. The van der Waals surface area contributed by atoms with Crippen LogP contribution in [0.15, 0.2) is 35.8 Å². The van der Waals surface area contributed by atoms with E-state index >= 15 is 0 Å². The highest BCUT2D eigenvalue weighted by molar-refractivity contribution is 7.13. The first kappa shape index (κ1) is 17.2. The van der Waals surface area contributed by atoms with Gasteiger partial charge in [0.05, 0.1) is 0 Å². The van der Waals surface area contributed by atoms with Crippen LogP contribution < -0.4 is 15.5 Å². The number of nitrogens with one attached hydrogen (secondary N) is 2. The van der Waals surface area contributed by atoms with Crippen molar-refractivity contribution in [3.8, 4) is 0 Å². The number of hydrogen-bond donors (Lipinski definition) is 2. The van der Waals surface area contributed by atoms with Gasteiger partial charge in [-0.3, -0.25) is 4.79 Å². The fraction of sp³-hybridized carbons (Fsp3) is 0.353. The molecule has 25 heavy (non-hydrogen) atoms. The maximum atomic E-state index is 12.4. The molecule has 0 saturated carbocycles. The monoisotopic (exact) mass is 359 g/mol. The van der Waals surface area contributed by atoms with E-state index in [2.05, 4.69) is 20.5 Å². The molecule has 1 aliphatic rings. The average Bonchev–Trinajstić information content (AvgIpc) is 3.17. The average molecular weight is 359 g/mol. The third-order valence-corrected chi connectivity index (χ3v) is 4.82. The van der Waals surface area contributed by atoms with Crippen LogP contribution in [0.4, 0.5) is 15.6 Å². The van der Waals surface area contributed by atoms with Crippen molar-refractivity contribution in [1.82, 2.24) is 15.2 Å². The van der Waals surface area contributed by atoms with Crippen LogP contribution in [0.2, 0.25) is 0 Å². The second kappa shape index (κ2) is 7.98. The predicted octanol–water partition coefficient (Wildman–Crippen LogP) is 2.25. The number of carbonyl (C=O) groups excluding carboxylic acids is 2. The first-order valence-electron chi connectivity index (χ1n) is 8.26. The summed E-state index contributed by atoms with van der Waals surface area (Å²) in [7, 11) is 0. The van der Waals surface area contributed by atoms with E-state index in [1.807, 2.05) is 12.3 Å². The zero-order valence-electron chi connectivity index (χ0n) is 14.1. The van der Waals surface area contributed by atoms with Crippen LogP contribution in [0.5, 0.6) is 0 Å². The van der Waals surface area contributed by atoms with Crippen LogP contribution in [0.1, 0.15) is 17.3 Å². The Labute approximate surface area is 150 Å². The number of benzene rings is 1. The van der Waals surface area contributed by atoms with Gasteiger partial charge in [-0.2, -0.15) is 0 Å². The molecule has 0 atom stereocenters. The minimum absolute atomic E-state index is 0.112. The summed E-state index contributed by atoms with van der Waals surface area (Å²) in [5.41, 5.74) is 1.26. The number of urea groups is 1. The molecule has 0 aliphatic carbocycles. The van der Waals surface area contributed by atoms with Gasteiger partial charge in [-0.1, -0.05) is 0 Å².